The number of carboxylic acids is 1. The molecular weight excluding hydrogens is 470 g/mol. The van der Waals surface area contributed by atoms with Crippen LogP contribution in [0.2, 0.25) is 0 Å². The van der Waals surface area contributed by atoms with Crippen LogP contribution in [0.5, 0.6) is 0 Å². The van der Waals surface area contributed by atoms with Crippen LogP contribution in [0.15, 0.2) is 51.7 Å². The summed E-state index contributed by atoms with van der Waals surface area (Å²) < 4.78 is 4.51. The normalized spacial score (nSPS) is 10.7. The molecule has 0 saturated heterocycles. The molecule has 0 fully saturated rings. The van der Waals surface area contributed by atoms with E-state index in [2.05, 4.69) is 47.4 Å². The molecule has 2 heterocycles. The highest BCUT2D eigenvalue weighted by Crippen LogP contribution is 2.21. The van der Waals surface area contributed by atoms with E-state index in [4.69, 9.17) is 5.11 Å². The van der Waals surface area contributed by atoms with Crippen molar-refractivity contribution in [1.82, 2.24) is 19.6 Å². The van der Waals surface area contributed by atoms with Crippen molar-refractivity contribution in [2.45, 2.75) is 13.1 Å². The Bertz CT molecular complexity index is 949. The van der Waals surface area contributed by atoms with Gasteiger partial charge in [0.1, 0.15) is 6.54 Å². The van der Waals surface area contributed by atoms with Crippen LogP contribution in [-0.4, -0.2) is 36.5 Å². The first kappa shape index (κ1) is 18.3. The van der Waals surface area contributed by atoms with E-state index < -0.39 is 11.9 Å². The topological polar surface area (TPSA) is 102 Å². The van der Waals surface area contributed by atoms with Gasteiger partial charge in [-0.2, -0.15) is 10.2 Å². The van der Waals surface area contributed by atoms with Gasteiger partial charge >= 0.3 is 5.97 Å². The maximum atomic E-state index is 12.3. The van der Waals surface area contributed by atoms with Crippen molar-refractivity contribution in [3.63, 3.8) is 0 Å². The van der Waals surface area contributed by atoms with Crippen molar-refractivity contribution in [3.05, 3.63) is 62.9 Å². The molecule has 26 heavy (non-hydrogen) atoms. The molecule has 0 atom stereocenters. The van der Waals surface area contributed by atoms with Gasteiger partial charge in [0.25, 0.3) is 5.91 Å². The number of carboxylic acid groups (broad SMARTS) is 1. The molecule has 0 aliphatic rings. The molecule has 134 valence electrons. The number of carbonyl (C=O) groups excluding carboxylic acids is 1. The average Bonchev–Trinajstić information content (AvgIpc) is 3.16. The summed E-state index contributed by atoms with van der Waals surface area (Å²) in [5.74, 6) is -1.14. The van der Waals surface area contributed by atoms with Gasteiger partial charge in [0.15, 0.2) is 11.5 Å². The van der Waals surface area contributed by atoms with Crippen molar-refractivity contribution in [2.75, 3.05) is 5.32 Å². The maximum Gasteiger partial charge on any atom is 0.325 e. The number of amides is 1. The second kappa shape index (κ2) is 7.83. The summed E-state index contributed by atoms with van der Waals surface area (Å²) in [6.45, 7) is 0.244. The molecule has 0 spiro atoms. The number of halogens is 2. The number of aliphatic carboxylic acids is 1. The van der Waals surface area contributed by atoms with Crippen LogP contribution in [0, 0.1) is 0 Å². The predicted octanol–water partition coefficient (Wildman–Crippen LogP) is 2.99. The Morgan fingerprint density at radius 1 is 1.08 bits per heavy atom. The van der Waals surface area contributed by atoms with E-state index in [1.807, 2.05) is 24.3 Å². The van der Waals surface area contributed by atoms with Crippen molar-refractivity contribution in [2.24, 2.45) is 0 Å². The Morgan fingerprint density at radius 3 is 2.50 bits per heavy atom. The Balaban J connectivity index is 1.68. The van der Waals surface area contributed by atoms with Crippen LogP contribution in [0.4, 0.5) is 5.82 Å². The number of benzene rings is 1. The first-order valence-electron chi connectivity index (χ1n) is 7.45. The van der Waals surface area contributed by atoms with E-state index in [0.717, 1.165) is 10.0 Å². The zero-order valence-electron chi connectivity index (χ0n) is 13.3. The fourth-order valence-electron chi connectivity index (χ4n) is 2.22. The van der Waals surface area contributed by atoms with E-state index in [-0.39, 0.29) is 12.2 Å². The van der Waals surface area contributed by atoms with Gasteiger partial charge in [-0.25, -0.2) is 0 Å². The SMILES string of the molecule is O=C(O)Cn1ccc(C(=O)Nc2nn(Cc3ccc(Br)cc3)cc2Br)n1. The van der Waals surface area contributed by atoms with Crippen molar-refractivity contribution in [3.8, 4) is 0 Å². The first-order valence-corrected chi connectivity index (χ1v) is 9.03. The second-order valence-electron chi connectivity index (χ2n) is 5.40. The lowest BCUT2D eigenvalue weighted by Gasteiger charge is -2.02. The number of hydrogen-bond donors (Lipinski definition) is 2. The predicted molar refractivity (Wildman–Crippen MR) is 101 cm³/mol. The summed E-state index contributed by atoms with van der Waals surface area (Å²) in [5, 5.41) is 19.7. The number of nitrogens with one attached hydrogen (secondary N) is 1. The molecule has 0 aliphatic carbocycles. The first-order chi connectivity index (χ1) is 12.4. The summed E-state index contributed by atoms with van der Waals surface area (Å²) in [7, 11) is 0. The number of anilines is 1. The van der Waals surface area contributed by atoms with Gasteiger partial charge in [0.05, 0.1) is 11.0 Å². The average molecular weight is 483 g/mol. The van der Waals surface area contributed by atoms with Crippen LogP contribution in [-0.2, 0) is 17.9 Å². The minimum absolute atomic E-state index is 0.112. The number of hydrogen-bond acceptors (Lipinski definition) is 4. The quantitative estimate of drug-likeness (QED) is 0.562. The number of rotatable bonds is 6. The fourth-order valence-corrected chi connectivity index (χ4v) is 2.90. The smallest absolute Gasteiger partial charge is 0.325 e. The van der Waals surface area contributed by atoms with Gasteiger partial charge in [-0.05, 0) is 39.7 Å². The summed E-state index contributed by atoms with van der Waals surface area (Å²) >= 11 is 6.77. The molecule has 3 rings (SSSR count). The van der Waals surface area contributed by atoms with E-state index in [0.29, 0.717) is 16.8 Å². The molecule has 1 aromatic carbocycles. The third-order valence-corrected chi connectivity index (χ3v) is 4.49. The number of aromatic nitrogens is 4. The second-order valence-corrected chi connectivity index (χ2v) is 7.17. The Morgan fingerprint density at radius 2 is 1.81 bits per heavy atom. The van der Waals surface area contributed by atoms with Crippen LogP contribution < -0.4 is 5.32 Å². The highest BCUT2D eigenvalue weighted by atomic mass is 79.9. The molecule has 8 nitrogen and oxygen atoms in total. The molecule has 0 bridgehead atoms. The van der Waals surface area contributed by atoms with Gasteiger partial charge in [-0.3, -0.25) is 19.0 Å². The molecule has 0 unspecified atom stereocenters. The minimum atomic E-state index is -1.03. The van der Waals surface area contributed by atoms with Gasteiger partial charge in [-0.1, -0.05) is 28.1 Å². The zero-order valence-corrected chi connectivity index (χ0v) is 16.4. The highest BCUT2D eigenvalue weighted by Gasteiger charge is 2.15. The molecule has 1 amide bonds. The lowest BCUT2D eigenvalue weighted by molar-refractivity contribution is -0.137. The standard InChI is InChI=1S/C16H13Br2N5O3/c17-11-3-1-10(2-4-11)7-23-8-12(18)15(21-23)19-16(26)13-5-6-22(20-13)9-14(24)25/h1-6,8H,7,9H2,(H,24,25)(H,19,21,26). The largest absolute Gasteiger partial charge is 0.480 e. The third-order valence-electron chi connectivity index (χ3n) is 3.38. The Kier molecular flexibility index (Phi) is 5.52. The molecule has 2 N–H and O–H groups in total. The van der Waals surface area contributed by atoms with Crippen molar-refractivity contribution in [1.29, 1.82) is 0 Å². The molecule has 2 aromatic heterocycles. The maximum absolute atomic E-state index is 12.3. The molecule has 0 aliphatic heterocycles. The van der Waals surface area contributed by atoms with Crippen LogP contribution in [0.25, 0.3) is 0 Å². The van der Waals surface area contributed by atoms with Gasteiger partial charge in [-0.15, -0.1) is 0 Å². The van der Waals surface area contributed by atoms with Gasteiger partial charge in [0.2, 0.25) is 0 Å². The molecule has 0 saturated carbocycles. The van der Waals surface area contributed by atoms with Gasteiger partial charge < -0.3 is 10.4 Å². The Hall–Kier alpha value is -2.46. The summed E-state index contributed by atoms with van der Waals surface area (Å²) in [5.41, 5.74) is 1.18. The van der Waals surface area contributed by atoms with E-state index in [1.165, 1.54) is 16.9 Å². The summed E-state index contributed by atoms with van der Waals surface area (Å²) in [6.07, 6.45) is 3.20. The van der Waals surface area contributed by atoms with E-state index >= 15 is 0 Å². The minimum Gasteiger partial charge on any atom is -0.480 e. The molecule has 10 heteroatoms. The van der Waals surface area contributed by atoms with Crippen molar-refractivity contribution < 1.29 is 14.7 Å². The number of nitrogens with zero attached hydrogens (tertiary/aromatic N) is 4. The lowest BCUT2D eigenvalue weighted by Crippen LogP contribution is -2.15. The third kappa shape index (κ3) is 4.58. The van der Waals surface area contributed by atoms with Crippen molar-refractivity contribution >= 4 is 49.6 Å². The zero-order chi connectivity index (χ0) is 18.7. The van der Waals surface area contributed by atoms with Crippen LogP contribution in [0.3, 0.4) is 0 Å². The van der Waals surface area contributed by atoms with Crippen LogP contribution in [0.1, 0.15) is 16.1 Å². The Labute approximate surface area is 165 Å². The highest BCUT2D eigenvalue weighted by molar-refractivity contribution is 9.10. The van der Waals surface area contributed by atoms with E-state index in [1.54, 1.807) is 10.9 Å². The summed E-state index contributed by atoms with van der Waals surface area (Å²) in [4.78, 5) is 22.9. The lowest BCUT2D eigenvalue weighted by atomic mass is 10.2. The van der Waals surface area contributed by atoms with Gasteiger partial charge in [0, 0.05) is 16.9 Å². The van der Waals surface area contributed by atoms with Crippen LogP contribution >= 0.6 is 31.9 Å². The molecule has 0 radical (unpaired) electrons. The molecule has 3 aromatic rings. The number of carbonyl (C=O) groups is 2. The summed E-state index contributed by atoms with van der Waals surface area (Å²) in [6, 6.07) is 9.30. The fraction of sp³-hybridized carbons (Fsp3) is 0.125. The molecular formula is C16H13Br2N5O3. The monoisotopic (exact) mass is 481 g/mol. The van der Waals surface area contributed by atoms with E-state index in [9.17, 15) is 9.59 Å².